The molecule has 7 nitrogen and oxygen atoms in total. The Bertz CT molecular complexity index is 938. The minimum absolute atomic E-state index is 0.0690. The summed E-state index contributed by atoms with van der Waals surface area (Å²) in [6, 6.07) is 10.6. The summed E-state index contributed by atoms with van der Waals surface area (Å²) in [5, 5.41) is 15.7. The molecule has 2 aromatic rings. The van der Waals surface area contributed by atoms with Gasteiger partial charge in [0.05, 0.1) is 7.11 Å². The van der Waals surface area contributed by atoms with Gasteiger partial charge in [-0.3, -0.25) is 4.79 Å². The largest absolute Gasteiger partial charge is 0.504 e. The predicted molar refractivity (Wildman–Crippen MR) is 117 cm³/mol. The zero-order chi connectivity index (χ0) is 21.8. The topological polar surface area (TPSA) is 90.9 Å². The number of phenolic OH excluding ortho intramolecular Hbond substituents is 1. The summed E-state index contributed by atoms with van der Waals surface area (Å²) >= 11 is 0. The van der Waals surface area contributed by atoms with Gasteiger partial charge in [-0.1, -0.05) is 26.0 Å². The quantitative estimate of drug-likeness (QED) is 0.626. The zero-order valence-electron chi connectivity index (χ0n) is 17.9. The number of nitrogens with zero attached hydrogens (tertiary/aromatic N) is 1. The van der Waals surface area contributed by atoms with Gasteiger partial charge >= 0.3 is 6.03 Å². The second-order valence-corrected chi connectivity index (χ2v) is 7.97. The number of rotatable bonds is 7. The van der Waals surface area contributed by atoms with Crippen molar-refractivity contribution in [2.24, 2.45) is 5.92 Å². The van der Waals surface area contributed by atoms with Crippen molar-refractivity contribution in [3.05, 3.63) is 47.5 Å². The normalized spacial score (nSPS) is 13.1. The molecule has 30 heavy (non-hydrogen) atoms. The van der Waals surface area contributed by atoms with E-state index in [1.807, 2.05) is 32.9 Å². The second-order valence-electron chi connectivity index (χ2n) is 7.97. The number of amides is 3. The lowest BCUT2D eigenvalue weighted by atomic mass is 10.1. The molecule has 1 aliphatic carbocycles. The minimum atomic E-state index is -0.194. The number of ether oxygens (including phenoxy) is 1. The molecule has 0 unspecified atom stereocenters. The smallest absolute Gasteiger partial charge is 0.322 e. The van der Waals surface area contributed by atoms with E-state index in [1.54, 1.807) is 29.2 Å². The molecule has 7 heteroatoms. The summed E-state index contributed by atoms with van der Waals surface area (Å²) in [6.07, 6.45) is 1.93. The summed E-state index contributed by atoms with van der Waals surface area (Å²) < 4.78 is 5.17. The molecule has 3 amide bonds. The summed E-state index contributed by atoms with van der Waals surface area (Å²) in [5.74, 6) is 0.252. The van der Waals surface area contributed by atoms with Gasteiger partial charge < -0.3 is 25.4 Å². The van der Waals surface area contributed by atoms with Gasteiger partial charge in [-0.05, 0) is 55.2 Å². The van der Waals surface area contributed by atoms with Gasteiger partial charge in [0.2, 0.25) is 5.91 Å². The summed E-state index contributed by atoms with van der Waals surface area (Å²) in [6.45, 7) is 5.99. The van der Waals surface area contributed by atoms with Gasteiger partial charge in [-0.15, -0.1) is 0 Å². The van der Waals surface area contributed by atoms with Crippen molar-refractivity contribution in [1.82, 2.24) is 4.90 Å². The van der Waals surface area contributed by atoms with Crippen LogP contribution in [0.5, 0.6) is 11.5 Å². The third kappa shape index (κ3) is 5.23. The van der Waals surface area contributed by atoms with Crippen LogP contribution in [0.25, 0.3) is 0 Å². The Morgan fingerprint density at radius 1 is 1.17 bits per heavy atom. The molecule has 1 saturated carbocycles. The van der Waals surface area contributed by atoms with E-state index in [2.05, 4.69) is 10.6 Å². The van der Waals surface area contributed by atoms with Crippen LogP contribution in [-0.2, 0) is 11.3 Å². The Balaban J connectivity index is 1.75. The van der Waals surface area contributed by atoms with E-state index in [0.29, 0.717) is 23.7 Å². The number of hydrogen-bond donors (Lipinski definition) is 3. The standard InChI is InChI=1S/C23H29N3O4/c1-14(2)22(28)24-17-7-5-15(3)19(12-17)25-23(29)26(18-8-9-18)13-16-6-10-20(27)21(11-16)30-4/h5-7,10-12,14,18,27H,8-9,13H2,1-4H3,(H,24,28)(H,25,29). The monoisotopic (exact) mass is 411 g/mol. The summed E-state index contributed by atoms with van der Waals surface area (Å²) in [7, 11) is 1.50. The number of methoxy groups -OCH3 is 1. The van der Waals surface area contributed by atoms with E-state index < -0.39 is 0 Å². The highest BCUT2D eigenvalue weighted by Crippen LogP contribution is 2.32. The van der Waals surface area contributed by atoms with Gasteiger partial charge in [0.1, 0.15) is 0 Å². The van der Waals surface area contributed by atoms with E-state index in [1.165, 1.54) is 7.11 Å². The Morgan fingerprint density at radius 2 is 1.90 bits per heavy atom. The van der Waals surface area contributed by atoms with Crippen molar-refractivity contribution in [3.8, 4) is 11.5 Å². The van der Waals surface area contributed by atoms with Crippen molar-refractivity contribution < 1.29 is 19.4 Å². The maximum absolute atomic E-state index is 13.1. The Labute approximate surface area is 177 Å². The highest BCUT2D eigenvalue weighted by atomic mass is 16.5. The third-order valence-corrected chi connectivity index (χ3v) is 5.12. The highest BCUT2D eigenvalue weighted by molar-refractivity contribution is 5.95. The first-order valence-electron chi connectivity index (χ1n) is 10.1. The number of nitrogens with one attached hydrogen (secondary N) is 2. The van der Waals surface area contributed by atoms with E-state index in [4.69, 9.17) is 4.74 Å². The number of carbonyl (C=O) groups excluding carboxylic acids is 2. The number of aromatic hydroxyl groups is 1. The van der Waals surface area contributed by atoms with Crippen LogP contribution in [0, 0.1) is 12.8 Å². The van der Waals surface area contributed by atoms with Gasteiger partial charge in [-0.2, -0.15) is 0 Å². The van der Waals surface area contributed by atoms with Crippen molar-refractivity contribution >= 4 is 23.3 Å². The number of aryl methyl sites for hydroxylation is 1. The third-order valence-electron chi connectivity index (χ3n) is 5.12. The van der Waals surface area contributed by atoms with Crippen molar-refractivity contribution in [2.45, 2.75) is 46.2 Å². The molecule has 3 rings (SSSR count). The summed E-state index contributed by atoms with van der Waals surface area (Å²) in [5.41, 5.74) is 3.10. The molecule has 0 aliphatic heterocycles. The van der Waals surface area contributed by atoms with Crippen molar-refractivity contribution in [1.29, 1.82) is 0 Å². The fourth-order valence-corrected chi connectivity index (χ4v) is 3.08. The number of urea groups is 1. The molecule has 0 radical (unpaired) electrons. The molecule has 0 saturated heterocycles. The van der Waals surface area contributed by atoms with Crippen LogP contribution in [0.3, 0.4) is 0 Å². The molecule has 0 aromatic heterocycles. The maximum Gasteiger partial charge on any atom is 0.322 e. The lowest BCUT2D eigenvalue weighted by molar-refractivity contribution is -0.118. The molecule has 0 heterocycles. The van der Waals surface area contributed by atoms with E-state index >= 15 is 0 Å². The molecule has 1 fully saturated rings. The molecule has 2 aromatic carbocycles. The lowest BCUT2D eigenvalue weighted by Gasteiger charge is -2.24. The molecular formula is C23H29N3O4. The zero-order valence-corrected chi connectivity index (χ0v) is 17.9. The molecular weight excluding hydrogens is 382 g/mol. The van der Waals surface area contributed by atoms with Crippen LogP contribution in [0.15, 0.2) is 36.4 Å². The fraction of sp³-hybridized carbons (Fsp3) is 0.391. The number of carbonyl (C=O) groups is 2. The molecule has 0 spiro atoms. The average Bonchev–Trinajstić information content (AvgIpc) is 3.54. The first-order valence-corrected chi connectivity index (χ1v) is 10.1. The van der Waals surface area contributed by atoms with Gasteiger partial charge in [0.15, 0.2) is 11.5 Å². The number of benzene rings is 2. The van der Waals surface area contributed by atoms with Crippen LogP contribution < -0.4 is 15.4 Å². The van der Waals surface area contributed by atoms with E-state index in [9.17, 15) is 14.7 Å². The molecule has 0 atom stereocenters. The van der Waals surface area contributed by atoms with Crippen LogP contribution in [0.1, 0.15) is 37.8 Å². The molecule has 1 aliphatic rings. The Morgan fingerprint density at radius 3 is 2.53 bits per heavy atom. The molecule has 160 valence electrons. The average molecular weight is 412 g/mol. The summed E-state index contributed by atoms with van der Waals surface area (Å²) in [4.78, 5) is 26.8. The van der Waals surface area contributed by atoms with Gasteiger partial charge in [-0.25, -0.2) is 4.79 Å². The van der Waals surface area contributed by atoms with Crippen LogP contribution in [0.2, 0.25) is 0 Å². The van der Waals surface area contributed by atoms with E-state index in [0.717, 1.165) is 24.0 Å². The first kappa shape index (κ1) is 21.5. The lowest BCUT2D eigenvalue weighted by Crippen LogP contribution is -2.36. The fourth-order valence-electron chi connectivity index (χ4n) is 3.08. The van der Waals surface area contributed by atoms with Crippen LogP contribution in [-0.4, -0.2) is 35.1 Å². The SMILES string of the molecule is COc1cc(CN(C(=O)Nc2cc(NC(=O)C(C)C)ccc2C)C2CC2)ccc1O. The second kappa shape index (κ2) is 9.07. The van der Waals surface area contributed by atoms with Gasteiger partial charge in [0.25, 0.3) is 0 Å². The minimum Gasteiger partial charge on any atom is -0.504 e. The van der Waals surface area contributed by atoms with Crippen LogP contribution >= 0.6 is 0 Å². The van der Waals surface area contributed by atoms with Gasteiger partial charge in [0, 0.05) is 29.9 Å². The maximum atomic E-state index is 13.1. The predicted octanol–water partition coefficient (Wildman–Crippen LogP) is 4.50. The Kier molecular flexibility index (Phi) is 6.50. The van der Waals surface area contributed by atoms with E-state index in [-0.39, 0.29) is 29.6 Å². The van der Waals surface area contributed by atoms with Crippen molar-refractivity contribution in [3.63, 3.8) is 0 Å². The molecule has 3 N–H and O–H groups in total. The number of anilines is 2. The number of hydrogen-bond acceptors (Lipinski definition) is 4. The number of phenols is 1. The Hall–Kier alpha value is -3.22. The van der Waals surface area contributed by atoms with Crippen molar-refractivity contribution in [2.75, 3.05) is 17.7 Å². The molecule has 0 bridgehead atoms. The first-order chi connectivity index (χ1) is 14.3. The van der Waals surface area contributed by atoms with Crippen LogP contribution in [0.4, 0.5) is 16.2 Å². The highest BCUT2D eigenvalue weighted by Gasteiger charge is 2.33.